The number of aromatic amines is 1. The second-order valence-electron chi connectivity index (χ2n) is 7.40. The summed E-state index contributed by atoms with van der Waals surface area (Å²) in [6, 6.07) is 10.8. The number of nitrogens with zero attached hydrogens (tertiary/aromatic N) is 3. The topological polar surface area (TPSA) is 100 Å². The Balaban J connectivity index is 1.25. The van der Waals surface area contributed by atoms with E-state index in [1.165, 1.54) is 0 Å². The largest absolute Gasteiger partial charge is 0.445 e. The fourth-order valence-electron chi connectivity index (χ4n) is 3.42. The summed E-state index contributed by atoms with van der Waals surface area (Å²) in [5.74, 6) is -0.155. The summed E-state index contributed by atoms with van der Waals surface area (Å²) >= 11 is 6.11. The first kappa shape index (κ1) is 20.2. The number of fused-ring (bicyclic) bond motifs is 1. The van der Waals surface area contributed by atoms with Crippen molar-refractivity contribution < 1.29 is 14.3 Å². The number of piperidine rings is 1. The molecule has 0 saturated carbocycles. The van der Waals surface area contributed by atoms with Gasteiger partial charge in [0.2, 0.25) is 0 Å². The Morgan fingerprint density at radius 3 is 2.70 bits per heavy atom. The van der Waals surface area contributed by atoms with Gasteiger partial charge in [-0.15, -0.1) is 0 Å². The first-order chi connectivity index (χ1) is 14.5. The van der Waals surface area contributed by atoms with Crippen LogP contribution in [0.15, 0.2) is 36.4 Å². The van der Waals surface area contributed by atoms with E-state index in [4.69, 9.17) is 16.3 Å². The summed E-state index contributed by atoms with van der Waals surface area (Å²) in [6.45, 7) is 3.16. The predicted octanol–water partition coefficient (Wildman–Crippen LogP) is 3.45. The van der Waals surface area contributed by atoms with Gasteiger partial charge in [-0.2, -0.15) is 15.4 Å². The molecular weight excluding hydrogens is 406 g/mol. The number of benzene rings is 2. The molecule has 0 spiro atoms. The molecule has 156 valence electrons. The molecule has 0 aliphatic carbocycles. The van der Waals surface area contributed by atoms with E-state index in [9.17, 15) is 9.59 Å². The van der Waals surface area contributed by atoms with Crippen molar-refractivity contribution in [3.63, 3.8) is 0 Å². The maximum atomic E-state index is 12.5. The van der Waals surface area contributed by atoms with Crippen LogP contribution in [-0.4, -0.2) is 51.4 Å². The number of H-pyrrole nitrogens is 1. The van der Waals surface area contributed by atoms with Gasteiger partial charge in [0.05, 0.1) is 0 Å². The molecule has 3 aromatic rings. The van der Waals surface area contributed by atoms with Crippen molar-refractivity contribution in [1.29, 1.82) is 0 Å². The van der Waals surface area contributed by atoms with E-state index in [0.29, 0.717) is 47.6 Å². The third-order valence-corrected chi connectivity index (χ3v) is 5.67. The van der Waals surface area contributed by atoms with Gasteiger partial charge in [0, 0.05) is 29.7 Å². The maximum absolute atomic E-state index is 12.5. The molecule has 8 nitrogen and oxygen atoms in total. The van der Waals surface area contributed by atoms with Crippen LogP contribution in [-0.2, 0) is 11.3 Å². The van der Waals surface area contributed by atoms with Crippen molar-refractivity contribution in [3.8, 4) is 0 Å². The average Bonchev–Trinajstić information content (AvgIpc) is 3.23. The molecule has 2 amide bonds. The predicted molar refractivity (Wildman–Crippen MR) is 112 cm³/mol. The fraction of sp³-hybridized carbons (Fsp3) is 0.333. The lowest BCUT2D eigenvalue weighted by atomic mass is 10.0. The molecule has 2 aromatic carbocycles. The Labute approximate surface area is 178 Å². The van der Waals surface area contributed by atoms with E-state index in [2.05, 4.69) is 20.7 Å². The number of hydrogen-bond donors (Lipinski definition) is 2. The number of ether oxygens (including phenoxy) is 1. The van der Waals surface area contributed by atoms with Gasteiger partial charge in [0.25, 0.3) is 5.91 Å². The lowest BCUT2D eigenvalue weighted by Crippen LogP contribution is -2.46. The first-order valence-electron chi connectivity index (χ1n) is 9.78. The van der Waals surface area contributed by atoms with E-state index in [1.54, 1.807) is 23.1 Å². The van der Waals surface area contributed by atoms with Crippen LogP contribution >= 0.6 is 11.6 Å². The summed E-state index contributed by atoms with van der Waals surface area (Å²) in [4.78, 5) is 26.5. The van der Waals surface area contributed by atoms with Gasteiger partial charge in [-0.25, -0.2) is 4.79 Å². The van der Waals surface area contributed by atoms with Crippen LogP contribution in [0, 0.1) is 6.92 Å². The van der Waals surface area contributed by atoms with Crippen molar-refractivity contribution in [1.82, 2.24) is 25.6 Å². The molecule has 9 heteroatoms. The number of hydrogen-bond acceptors (Lipinski definition) is 5. The van der Waals surface area contributed by atoms with Gasteiger partial charge < -0.3 is 15.0 Å². The summed E-state index contributed by atoms with van der Waals surface area (Å²) in [6.07, 6.45) is 0.986. The zero-order valence-corrected chi connectivity index (χ0v) is 17.3. The second kappa shape index (κ2) is 8.71. The van der Waals surface area contributed by atoms with Crippen LogP contribution in [0.1, 0.15) is 34.3 Å². The van der Waals surface area contributed by atoms with Gasteiger partial charge in [-0.1, -0.05) is 23.7 Å². The number of nitrogens with one attached hydrogen (secondary N) is 2. The van der Waals surface area contributed by atoms with Crippen LogP contribution in [0.4, 0.5) is 4.79 Å². The highest BCUT2D eigenvalue weighted by Gasteiger charge is 2.25. The van der Waals surface area contributed by atoms with Crippen molar-refractivity contribution >= 4 is 34.6 Å². The molecule has 2 N–H and O–H groups in total. The van der Waals surface area contributed by atoms with E-state index < -0.39 is 0 Å². The fourth-order valence-corrected chi connectivity index (χ4v) is 3.62. The number of amides is 2. The number of aryl methyl sites for hydroxylation is 1. The second-order valence-corrected chi connectivity index (χ2v) is 7.81. The van der Waals surface area contributed by atoms with E-state index in [-0.39, 0.29) is 24.6 Å². The molecule has 2 heterocycles. The SMILES string of the molecule is Cc1ccc(COC(=O)N2CCC(NC(=O)c3ccc4n[nH]nc4c3)CC2)cc1Cl. The monoisotopic (exact) mass is 427 g/mol. The maximum Gasteiger partial charge on any atom is 0.410 e. The van der Waals surface area contributed by atoms with Gasteiger partial charge in [0.15, 0.2) is 0 Å². The number of carbonyl (C=O) groups is 2. The van der Waals surface area contributed by atoms with Crippen molar-refractivity contribution in [3.05, 3.63) is 58.1 Å². The first-order valence-corrected chi connectivity index (χ1v) is 10.2. The molecular formula is C21H22ClN5O3. The molecule has 0 unspecified atom stereocenters. The third-order valence-electron chi connectivity index (χ3n) is 5.27. The van der Waals surface area contributed by atoms with Gasteiger partial charge in [0.1, 0.15) is 17.6 Å². The number of rotatable bonds is 4. The Morgan fingerprint density at radius 2 is 1.93 bits per heavy atom. The molecule has 1 aliphatic rings. The minimum atomic E-state index is -0.354. The molecule has 4 rings (SSSR count). The molecule has 0 radical (unpaired) electrons. The quantitative estimate of drug-likeness (QED) is 0.664. The normalized spacial score (nSPS) is 14.7. The Kier molecular flexibility index (Phi) is 5.85. The van der Waals surface area contributed by atoms with Crippen LogP contribution in [0.2, 0.25) is 5.02 Å². The van der Waals surface area contributed by atoms with E-state index in [1.807, 2.05) is 25.1 Å². The van der Waals surface area contributed by atoms with Crippen LogP contribution in [0.25, 0.3) is 11.0 Å². The molecule has 0 atom stereocenters. The van der Waals surface area contributed by atoms with Crippen molar-refractivity contribution in [2.45, 2.75) is 32.4 Å². The van der Waals surface area contributed by atoms with E-state index in [0.717, 1.165) is 11.1 Å². The highest BCUT2D eigenvalue weighted by molar-refractivity contribution is 6.31. The molecule has 1 aliphatic heterocycles. The number of carbonyl (C=O) groups excluding carboxylic acids is 2. The molecule has 1 fully saturated rings. The summed E-state index contributed by atoms with van der Waals surface area (Å²) in [5, 5.41) is 14.2. The molecule has 30 heavy (non-hydrogen) atoms. The average molecular weight is 428 g/mol. The Morgan fingerprint density at radius 1 is 1.17 bits per heavy atom. The number of halogens is 1. The number of aromatic nitrogens is 3. The molecule has 1 aromatic heterocycles. The summed E-state index contributed by atoms with van der Waals surface area (Å²) < 4.78 is 5.41. The van der Waals surface area contributed by atoms with Crippen LogP contribution in [0.5, 0.6) is 0 Å². The van der Waals surface area contributed by atoms with Gasteiger partial charge >= 0.3 is 6.09 Å². The lowest BCUT2D eigenvalue weighted by Gasteiger charge is -2.31. The zero-order valence-electron chi connectivity index (χ0n) is 16.5. The van der Waals surface area contributed by atoms with Gasteiger partial charge in [-0.05, 0) is 55.2 Å². The highest BCUT2D eigenvalue weighted by Crippen LogP contribution is 2.18. The number of likely N-dealkylation sites (tertiary alicyclic amines) is 1. The smallest absolute Gasteiger partial charge is 0.410 e. The minimum Gasteiger partial charge on any atom is -0.445 e. The highest BCUT2D eigenvalue weighted by atomic mass is 35.5. The van der Waals surface area contributed by atoms with Crippen LogP contribution < -0.4 is 5.32 Å². The zero-order chi connectivity index (χ0) is 21.1. The minimum absolute atomic E-state index is 0.00506. The van der Waals surface area contributed by atoms with Crippen molar-refractivity contribution in [2.24, 2.45) is 0 Å². The standard InChI is InChI=1S/C21H22ClN5O3/c1-13-2-3-14(10-17(13)22)12-30-21(29)27-8-6-16(7-9-27)23-20(28)15-4-5-18-19(11-15)25-26-24-18/h2-5,10-11,16H,6-9,12H2,1H3,(H,23,28)(H,24,25,26). The van der Waals surface area contributed by atoms with Crippen LogP contribution in [0.3, 0.4) is 0 Å². The van der Waals surface area contributed by atoms with Crippen molar-refractivity contribution in [2.75, 3.05) is 13.1 Å². The van der Waals surface area contributed by atoms with Gasteiger partial charge in [-0.3, -0.25) is 4.79 Å². The molecule has 1 saturated heterocycles. The molecule has 0 bridgehead atoms. The van der Waals surface area contributed by atoms with E-state index >= 15 is 0 Å². The summed E-state index contributed by atoms with van der Waals surface area (Å²) in [7, 11) is 0. The third kappa shape index (κ3) is 4.54. The Hall–Kier alpha value is -3.13. The Bertz CT molecular complexity index is 1080. The summed E-state index contributed by atoms with van der Waals surface area (Å²) in [5.41, 5.74) is 3.73. The lowest BCUT2D eigenvalue weighted by molar-refractivity contribution is 0.0809.